The van der Waals surface area contributed by atoms with Crippen LogP contribution in [0.5, 0.6) is 0 Å². The second kappa shape index (κ2) is 10.1. The van der Waals surface area contributed by atoms with Gasteiger partial charge >= 0.3 is 0 Å². The molecule has 230 valence electrons. The molecule has 3 aromatic carbocycles. The lowest BCUT2D eigenvalue weighted by Crippen LogP contribution is -2.48. The lowest BCUT2D eigenvalue weighted by atomic mass is 9.48. The topological polar surface area (TPSA) is 62.5 Å². The third-order valence-corrected chi connectivity index (χ3v) is 13.5. The molecule has 4 aromatic rings. The minimum atomic E-state index is 0.379. The number of nitriles is 1. The Morgan fingerprint density at radius 3 is 1.00 bits per heavy atom. The van der Waals surface area contributed by atoms with E-state index in [0.717, 1.165) is 52.2 Å². The second-order valence-corrected chi connectivity index (χ2v) is 16.5. The van der Waals surface area contributed by atoms with Gasteiger partial charge in [0.25, 0.3) is 0 Å². The maximum Gasteiger partial charge on any atom is 0.164 e. The van der Waals surface area contributed by atoms with Crippen molar-refractivity contribution >= 4 is 0 Å². The lowest BCUT2D eigenvalue weighted by Gasteiger charge is -2.57. The fourth-order valence-corrected chi connectivity index (χ4v) is 12.3. The number of hydrogen-bond donors (Lipinski definition) is 0. The highest BCUT2D eigenvalue weighted by Gasteiger charge is 2.52. The van der Waals surface area contributed by atoms with Crippen LogP contribution in [0.25, 0.3) is 34.2 Å². The molecule has 0 aliphatic heterocycles. The van der Waals surface area contributed by atoms with E-state index in [9.17, 15) is 5.26 Å². The van der Waals surface area contributed by atoms with Crippen LogP contribution in [0.3, 0.4) is 0 Å². The smallest absolute Gasteiger partial charge is 0.164 e. The van der Waals surface area contributed by atoms with E-state index in [-0.39, 0.29) is 0 Å². The molecule has 0 unspecified atom stereocenters. The Hall–Kier alpha value is -3.84. The van der Waals surface area contributed by atoms with Gasteiger partial charge in [-0.3, -0.25) is 0 Å². The molecule has 8 aliphatic rings. The van der Waals surface area contributed by atoms with E-state index in [2.05, 4.69) is 54.6 Å². The van der Waals surface area contributed by atoms with Gasteiger partial charge in [0.15, 0.2) is 17.5 Å². The summed E-state index contributed by atoms with van der Waals surface area (Å²) in [7, 11) is 0. The van der Waals surface area contributed by atoms with Crippen LogP contribution in [0, 0.1) is 46.8 Å². The summed E-state index contributed by atoms with van der Waals surface area (Å²) in [4.78, 5) is 15.1. The summed E-state index contributed by atoms with van der Waals surface area (Å²) in [5.74, 6) is 7.67. The van der Waals surface area contributed by atoms with Crippen LogP contribution in [0.2, 0.25) is 0 Å². The molecule has 8 aliphatic carbocycles. The number of hydrogen-bond acceptors (Lipinski definition) is 4. The van der Waals surface area contributed by atoms with Crippen LogP contribution in [-0.2, 0) is 10.8 Å². The number of benzene rings is 3. The third kappa shape index (κ3) is 4.41. The molecule has 0 spiro atoms. The normalized spacial score (nSPS) is 34.9. The first-order chi connectivity index (χ1) is 22.5. The molecule has 8 saturated carbocycles. The standard InChI is InChI=1S/C42H42N4/c43-25-26-1-3-33(4-2-26)38-44-39(34-5-9-36(10-6-34)41-19-27-13-28(20-41)15-29(14-27)21-41)46-40(45-38)35-7-11-37(12-8-35)42-22-30-16-31(23-42)18-32(17-30)24-42/h1-12,27-32H,13-24H2. The molecule has 12 rings (SSSR count). The van der Waals surface area contributed by atoms with Crippen LogP contribution in [0.15, 0.2) is 72.8 Å². The van der Waals surface area contributed by atoms with E-state index in [1.807, 2.05) is 24.3 Å². The average molecular weight is 603 g/mol. The second-order valence-electron chi connectivity index (χ2n) is 16.5. The molecule has 46 heavy (non-hydrogen) atoms. The first kappa shape index (κ1) is 27.3. The maximum absolute atomic E-state index is 9.37. The van der Waals surface area contributed by atoms with Crippen molar-refractivity contribution in [2.45, 2.75) is 87.9 Å². The Bertz CT molecular complexity index is 1670. The number of aromatic nitrogens is 3. The fourth-order valence-electron chi connectivity index (χ4n) is 12.3. The highest BCUT2D eigenvalue weighted by atomic mass is 15.0. The van der Waals surface area contributed by atoms with Crippen molar-refractivity contribution in [1.29, 1.82) is 5.26 Å². The van der Waals surface area contributed by atoms with Crippen molar-refractivity contribution in [3.63, 3.8) is 0 Å². The van der Waals surface area contributed by atoms with Gasteiger partial charge < -0.3 is 0 Å². The fraction of sp³-hybridized carbons (Fsp3) is 0.476. The molecule has 0 saturated heterocycles. The summed E-state index contributed by atoms with van der Waals surface area (Å²) in [5.41, 5.74) is 7.43. The minimum absolute atomic E-state index is 0.379. The molecule has 0 amide bonds. The average Bonchev–Trinajstić information content (AvgIpc) is 3.07. The summed E-state index contributed by atoms with van der Waals surface area (Å²) in [5, 5.41) is 9.37. The Morgan fingerprint density at radius 2 is 0.717 bits per heavy atom. The molecule has 0 N–H and O–H groups in total. The molecule has 4 heteroatoms. The van der Waals surface area contributed by atoms with Crippen molar-refractivity contribution < 1.29 is 0 Å². The van der Waals surface area contributed by atoms with Gasteiger partial charge in [-0.2, -0.15) is 5.26 Å². The monoisotopic (exact) mass is 602 g/mol. The number of nitrogens with zero attached hydrogens (tertiary/aromatic N) is 4. The van der Waals surface area contributed by atoms with E-state index < -0.39 is 0 Å². The van der Waals surface area contributed by atoms with Crippen LogP contribution in [0.1, 0.15) is 93.7 Å². The van der Waals surface area contributed by atoms with Crippen molar-refractivity contribution in [1.82, 2.24) is 15.0 Å². The summed E-state index contributed by atoms with van der Waals surface area (Å²) in [6.07, 6.45) is 17.0. The van der Waals surface area contributed by atoms with Crippen LogP contribution in [-0.4, -0.2) is 15.0 Å². The molecular formula is C42H42N4. The van der Waals surface area contributed by atoms with Gasteiger partial charge in [0.1, 0.15) is 0 Å². The summed E-state index contributed by atoms with van der Waals surface area (Å²) in [6.45, 7) is 0. The maximum atomic E-state index is 9.37. The van der Waals surface area contributed by atoms with E-state index in [0.29, 0.717) is 33.9 Å². The van der Waals surface area contributed by atoms with Gasteiger partial charge in [0, 0.05) is 16.7 Å². The largest absolute Gasteiger partial charge is 0.208 e. The lowest BCUT2D eigenvalue weighted by molar-refractivity contribution is -0.00530. The van der Waals surface area contributed by atoms with E-state index in [1.54, 1.807) is 0 Å². The molecule has 1 aromatic heterocycles. The first-order valence-electron chi connectivity index (χ1n) is 18.0. The molecule has 0 atom stereocenters. The van der Waals surface area contributed by atoms with Crippen molar-refractivity contribution in [2.24, 2.45) is 35.5 Å². The van der Waals surface area contributed by atoms with Crippen LogP contribution in [0.4, 0.5) is 0 Å². The highest BCUT2D eigenvalue weighted by molar-refractivity contribution is 5.67. The van der Waals surface area contributed by atoms with E-state index >= 15 is 0 Å². The molecule has 1 heterocycles. The Kier molecular flexibility index (Phi) is 5.98. The summed E-state index contributed by atoms with van der Waals surface area (Å²) < 4.78 is 0. The quantitative estimate of drug-likeness (QED) is 0.228. The van der Waals surface area contributed by atoms with Crippen LogP contribution < -0.4 is 0 Å². The van der Waals surface area contributed by atoms with Gasteiger partial charge in [-0.15, -0.1) is 0 Å². The molecule has 0 radical (unpaired) electrons. The van der Waals surface area contributed by atoms with Gasteiger partial charge in [0.2, 0.25) is 0 Å². The Balaban J connectivity index is 1.01. The predicted octanol–water partition coefficient (Wildman–Crippen LogP) is 9.68. The molecular weight excluding hydrogens is 560 g/mol. The van der Waals surface area contributed by atoms with E-state index in [4.69, 9.17) is 15.0 Å². The SMILES string of the molecule is N#Cc1ccc(-c2nc(-c3ccc(C45CC6CC(CC(C6)C4)C5)cc3)nc(-c3ccc(C45CC6CC(CC(C6)C4)C5)cc3)n2)cc1. The first-order valence-corrected chi connectivity index (χ1v) is 18.0. The Labute approximate surface area is 272 Å². The summed E-state index contributed by atoms with van der Waals surface area (Å²) in [6, 6.07) is 28.4. The predicted molar refractivity (Wildman–Crippen MR) is 181 cm³/mol. The van der Waals surface area contributed by atoms with Crippen LogP contribution >= 0.6 is 0 Å². The molecule has 8 fully saturated rings. The van der Waals surface area contributed by atoms with E-state index in [1.165, 1.54) is 88.2 Å². The highest BCUT2D eigenvalue weighted by Crippen LogP contribution is 2.62. The zero-order chi connectivity index (χ0) is 30.5. The van der Waals surface area contributed by atoms with Crippen molar-refractivity contribution in [3.05, 3.63) is 89.5 Å². The zero-order valence-electron chi connectivity index (χ0n) is 26.7. The molecule has 4 nitrogen and oxygen atoms in total. The summed E-state index contributed by atoms with van der Waals surface area (Å²) >= 11 is 0. The third-order valence-electron chi connectivity index (χ3n) is 13.5. The van der Waals surface area contributed by atoms with Gasteiger partial charge in [-0.25, -0.2) is 15.0 Å². The van der Waals surface area contributed by atoms with Crippen molar-refractivity contribution in [3.8, 4) is 40.2 Å². The molecule has 8 bridgehead atoms. The van der Waals surface area contributed by atoms with Gasteiger partial charge in [0.05, 0.1) is 11.6 Å². The van der Waals surface area contributed by atoms with Crippen molar-refractivity contribution in [2.75, 3.05) is 0 Å². The minimum Gasteiger partial charge on any atom is -0.208 e. The Morgan fingerprint density at radius 1 is 0.435 bits per heavy atom. The zero-order valence-corrected chi connectivity index (χ0v) is 26.7. The van der Waals surface area contributed by atoms with Gasteiger partial charge in [-0.05, 0) is 159 Å². The van der Waals surface area contributed by atoms with Gasteiger partial charge in [-0.1, -0.05) is 48.5 Å². The number of rotatable bonds is 5.